The second-order valence-electron chi connectivity index (χ2n) is 6.24. The quantitative estimate of drug-likeness (QED) is 0.830. The number of thiazole rings is 1. The Labute approximate surface area is 143 Å². The van der Waals surface area contributed by atoms with Crippen LogP contribution in [0.4, 0.5) is 0 Å². The van der Waals surface area contributed by atoms with Crippen molar-refractivity contribution >= 4 is 23.2 Å². The maximum absolute atomic E-state index is 12.6. The number of aryl methyl sites for hydroxylation is 1. The van der Waals surface area contributed by atoms with Crippen LogP contribution in [0, 0.1) is 18.8 Å². The molecule has 0 saturated carbocycles. The third kappa shape index (κ3) is 2.66. The van der Waals surface area contributed by atoms with Gasteiger partial charge in [0, 0.05) is 43.3 Å². The maximum atomic E-state index is 12.6. The van der Waals surface area contributed by atoms with E-state index in [4.69, 9.17) is 0 Å². The maximum Gasteiger partial charge on any atom is 0.274 e. The van der Waals surface area contributed by atoms with E-state index in [9.17, 15) is 9.59 Å². The predicted octanol–water partition coefficient (Wildman–Crippen LogP) is 0.972. The number of rotatable bonds is 3. The van der Waals surface area contributed by atoms with Crippen LogP contribution >= 0.6 is 11.3 Å². The van der Waals surface area contributed by atoms with Gasteiger partial charge in [-0.1, -0.05) is 0 Å². The molecule has 2 saturated heterocycles. The minimum Gasteiger partial charge on any atom is -0.336 e. The van der Waals surface area contributed by atoms with Crippen molar-refractivity contribution in [2.75, 3.05) is 19.6 Å². The molecule has 7 nitrogen and oxygen atoms in total. The number of likely N-dealkylation sites (tertiary alicyclic amines) is 2. The zero-order valence-electron chi connectivity index (χ0n) is 13.3. The molecule has 0 aliphatic carbocycles. The molecule has 4 heterocycles. The lowest BCUT2D eigenvalue weighted by molar-refractivity contribution is -0.131. The molecule has 8 heteroatoms. The number of fused-ring (bicyclic) bond motifs is 1. The number of aromatic nitrogens is 3. The van der Waals surface area contributed by atoms with Crippen LogP contribution in [0.1, 0.15) is 21.2 Å². The van der Waals surface area contributed by atoms with E-state index in [-0.39, 0.29) is 23.7 Å². The summed E-state index contributed by atoms with van der Waals surface area (Å²) in [6.45, 7) is 4.27. The molecule has 2 amide bonds. The number of amides is 2. The van der Waals surface area contributed by atoms with Crippen LogP contribution in [0.2, 0.25) is 0 Å². The summed E-state index contributed by atoms with van der Waals surface area (Å²) in [4.78, 5) is 41.1. The van der Waals surface area contributed by atoms with Crippen molar-refractivity contribution in [1.29, 1.82) is 0 Å². The summed E-state index contributed by atoms with van der Waals surface area (Å²) in [6.07, 6.45) is 4.51. The highest BCUT2D eigenvalue weighted by Gasteiger charge is 2.47. The van der Waals surface area contributed by atoms with E-state index in [0.717, 1.165) is 10.7 Å². The molecule has 0 aromatic carbocycles. The largest absolute Gasteiger partial charge is 0.336 e. The Hall–Kier alpha value is -2.35. The van der Waals surface area contributed by atoms with E-state index in [0.29, 0.717) is 31.9 Å². The van der Waals surface area contributed by atoms with Crippen molar-refractivity contribution in [1.82, 2.24) is 24.8 Å². The average Bonchev–Trinajstić information content (AvgIpc) is 3.26. The van der Waals surface area contributed by atoms with E-state index in [2.05, 4.69) is 15.0 Å². The topological polar surface area (TPSA) is 79.3 Å². The standard InChI is InChI=1S/C16H17N5O2S/c1-10-19-12(9-24-10)7-20-5-11-6-21(8-13(11)15(20)22)16(23)14-4-17-2-3-18-14/h2-4,9,11,13H,5-8H2,1H3/t11-,13+/m1/s1. The number of carbonyl (C=O) groups is 2. The van der Waals surface area contributed by atoms with E-state index < -0.39 is 0 Å². The van der Waals surface area contributed by atoms with Gasteiger partial charge in [-0.2, -0.15) is 0 Å². The first-order chi connectivity index (χ1) is 11.6. The lowest BCUT2D eigenvalue weighted by atomic mass is 10.0. The third-order valence-corrected chi connectivity index (χ3v) is 5.44. The Morgan fingerprint density at radius 3 is 2.88 bits per heavy atom. The van der Waals surface area contributed by atoms with Crippen LogP contribution in [0.3, 0.4) is 0 Å². The first-order valence-electron chi connectivity index (χ1n) is 7.87. The van der Waals surface area contributed by atoms with Crippen LogP contribution in [0.15, 0.2) is 24.0 Å². The predicted molar refractivity (Wildman–Crippen MR) is 87.2 cm³/mol. The van der Waals surface area contributed by atoms with E-state index in [1.165, 1.54) is 18.6 Å². The number of hydrogen-bond acceptors (Lipinski definition) is 6. The van der Waals surface area contributed by atoms with Gasteiger partial charge in [0.2, 0.25) is 5.91 Å². The van der Waals surface area contributed by atoms with Crippen molar-refractivity contribution in [2.45, 2.75) is 13.5 Å². The molecule has 2 aliphatic rings. The van der Waals surface area contributed by atoms with Gasteiger partial charge >= 0.3 is 0 Å². The Morgan fingerprint density at radius 2 is 2.21 bits per heavy atom. The van der Waals surface area contributed by atoms with Gasteiger partial charge in [0.05, 0.1) is 29.4 Å². The molecule has 0 unspecified atom stereocenters. The first-order valence-corrected chi connectivity index (χ1v) is 8.75. The Balaban J connectivity index is 1.42. The van der Waals surface area contributed by atoms with Crippen LogP contribution in [-0.2, 0) is 11.3 Å². The van der Waals surface area contributed by atoms with Gasteiger partial charge in [-0.15, -0.1) is 11.3 Å². The van der Waals surface area contributed by atoms with Gasteiger partial charge in [0.1, 0.15) is 5.69 Å². The summed E-state index contributed by atoms with van der Waals surface area (Å²) in [5, 5.41) is 3.01. The van der Waals surface area contributed by atoms with Gasteiger partial charge in [0.15, 0.2) is 0 Å². The van der Waals surface area contributed by atoms with Gasteiger partial charge in [-0.25, -0.2) is 9.97 Å². The highest BCUT2D eigenvalue weighted by atomic mass is 32.1. The minimum absolute atomic E-state index is 0.106. The first kappa shape index (κ1) is 15.2. The molecule has 24 heavy (non-hydrogen) atoms. The van der Waals surface area contributed by atoms with E-state index >= 15 is 0 Å². The number of hydrogen-bond donors (Lipinski definition) is 0. The van der Waals surface area contributed by atoms with Crippen molar-refractivity contribution in [3.05, 3.63) is 40.4 Å². The molecule has 4 rings (SSSR count). The van der Waals surface area contributed by atoms with Crippen LogP contribution in [-0.4, -0.2) is 56.2 Å². The fraction of sp³-hybridized carbons (Fsp3) is 0.438. The molecule has 2 fully saturated rings. The van der Waals surface area contributed by atoms with Gasteiger partial charge in [0.25, 0.3) is 5.91 Å². The van der Waals surface area contributed by atoms with Gasteiger partial charge in [-0.05, 0) is 6.92 Å². The fourth-order valence-corrected chi connectivity index (χ4v) is 4.10. The van der Waals surface area contributed by atoms with Crippen LogP contribution < -0.4 is 0 Å². The Kier molecular flexibility index (Phi) is 3.76. The van der Waals surface area contributed by atoms with Gasteiger partial charge in [-0.3, -0.25) is 14.6 Å². The summed E-state index contributed by atoms with van der Waals surface area (Å²) in [6, 6.07) is 0. The molecule has 0 radical (unpaired) electrons. The van der Waals surface area contributed by atoms with Crippen molar-refractivity contribution in [2.24, 2.45) is 11.8 Å². The third-order valence-electron chi connectivity index (χ3n) is 4.61. The van der Waals surface area contributed by atoms with Crippen LogP contribution in [0.5, 0.6) is 0 Å². The highest BCUT2D eigenvalue weighted by Crippen LogP contribution is 2.33. The van der Waals surface area contributed by atoms with E-state index in [1.54, 1.807) is 16.2 Å². The molecular weight excluding hydrogens is 326 g/mol. The molecule has 2 aromatic rings. The number of carbonyl (C=O) groups excluding carboxylic acids is 2. The van der Waals surface area contributed by atoms with Crippen molar-refractivity contribution in [3.8, 4) is 0 Å². The van der Waals surface area contributed by atoms with Crippen molar-refractivity contribution in [3.63, 3.8) is 0 Å². The molecule has 0 bridgehead atoms. The summed E-state index contributed by atoms with van der Waals surface area (Å²) in [5.41, 5.74) is 1.28. The molecule has 0 N–H and O–H groups in total. The summed E-state index contributed by atoms with van der Waals surface area (Å²) < 4.78 is 0. The SMILES string of the molecule is Cc1nc(CN2C[C@@H]3CN(C(=O)c4cnccn4)C[C@@H]3C2=O)cs1. The second kappa shape index (κ2) is 5.94. The normalized spacial score (nSPS) is 23.0. The molecule has 2 aromatic heterocycles. The molecule has 2 aliphatic heterocycles. The lowest BCUT2D eigenvalue weighted by Crippen LogP contribution is -2.35. The smallest absolute Gasteiger partial charge is 0.274 e. The zero-order valence-corrected chi connectivity index (χ0v) is 14.1. The Morgan fingerprint density at radius 1 is 1.33 bits per heavy atom. The molecular formula is C16H17N5O2S. The Bertz CT molecular complexity index is 778. The van der Waals surface area contributed by atoms with Gasteiger partial charge < -0.3 is 9.80 Å². The average molecular weight is 343 g/mol. The number of nitrogens with zero attached hydrogens (tertiary/aromatic N) is 5. The van der Waals surface area contributed by atoms with Crippen molar-refractivity contribution < 1.29 is 9.59 Å². The monoisotopic (exact) mass is 343 g/mol. The summed E-state index contributed by atoms with van der Waals surface area (Å²) in [5.74, 6) is 0.0651. The zero-order chi connectivity index (χ0) is 16.7. The molecule has 0 spiro atoms. The molecule has 2 atom stereocenters. The summed E-state index contributed by atoms with van der Waals surface area (Å²) in [7, 11) is 0. The summed E-state index contributed by atoms with van der Waals surface area (Å²) >= 11 is 1.60. The van der Waals surface area contributed by atoms with Crippen LogP contribution in [0.25, 0.3) is 0 Å². The lowest BCUT2D eigenvalue weighted by Gasteiger charge is -2.21. The fourth-order valence-electron chi connectivity index (χ4n) is 3.50. The highest BCUT2D eigenvalue weighted by molar-refractivity contribution is 7.09. The minimum atomic E-state index is -0.146. The van der Waals surface area contributed by atoms with E-state index in [1.807, 2.05) is 17.2 Å². The second-order valence-corrected chi connectivity index (χ2v) is 7.31. The molecule has 124 valence electrons.